The van der Waals surface area contributed by atoms with Gasteiger partial charge in [0.25, 0.3) is 0 Å². The topological polar surface area (TPSA) is 58.6 Å². The number of hydrogen-bond acceptors (Lipinski definition) is 3. The van der Waals surface area contributed by atoms with E-state index in [-0.39, 0.29) is 17.9 Å². The van der Waals surface area contributed by atoms with Crippen molar-refractivity contribution >= 4 is 27.7 Å². The molecule has 162 valence electrons. The summed E-state index contributed by atoms with van der Waals surface area (Å²) in [7, 11) is 0. The van der Waals surface area contributed by atoms with Crippen LogP contribution >= 0.6 is 15.9 Å². The fourth-order valence-electron chi connectivity index (χ4n) is 2.91. The van der Waals surface area contributed by atoms with Crippen molar-refractivity contribution in [3.8, 4) is 5.75 Å². The van der Waals surface area contributed by atoms with Gasteiger partial charge in [0.05, 0.1) is 6.61 Å². The second-order valence-electron chi connectivity index (χ2n) is 7.41. The molecule has 0 aliphatic rings. The lowest BCUT2D eigenvalue weighted by Crippen LogP contribution is -2.49. The first-order valence-electron chi connectivity index (χ1n) is 10.4. The average Bonchev–Trinajstić information content (AvgIpc) is 2.76. The number of rotatable bonds is 11. The van der Waals surface area contributed by atoms with Gasteiger partial charge in [-0.1, -0.05) is 53.2 Å². The van der Waals surface area contributed by atoms with Gasteiger partial charge < -0.3 is 15.0 Å². The van der Waals surface area contributed by atoms with E-state index in [9.17, 15) is 9.59 Å². The number of carbonyl (C=O) groups is 2. The van der Waals surface area contributed by atoms with Crippen LogP contribution in [0.3, 0.4) is 0 Å². The molecule has 0 bridgehead atoms. The smallest absolute Gasteiger partial charge is 0.242 e. The number of para-hydroxylation sites is 1. The Morgan fingerprint density at radius 1 is 1.07 bits per heavy atom. The number of halogens is 1. The zero-order valence-electron chi connectivity index (χ0n) is 17.9. The Balaban J connectivity index is 2.00. The first kappa shape index (κ1) is 23.9. The van der Waals surface area contributed by atoms with E-state index in [1.165, 1.54) is 0 Å². The predicted octanol–water partition coefficient (Wildman–Crippen LogP) is 4.94. The summed E-state index contributed by atoms with van der Waals surface area (Å²) in [6.45, 7) is 6.62. The SMILES string of the molecule is CCC(C)NC(=O)C(C)N(Cc1ccc(Br)cc1)C(=O)CCCOc1ccccc1. The summed E-state index contributed by atoms with van der Waals surface area (Å²) in [4.78, 5) is 27.3. The Hall–Kier alpha value is -2.34. The molecule has 0 saturated heterocycles. The van der Waals surface area contributed by atoms with Crippen molar-refractivity contribution in [2.24, 2.45) is 0 Å². The number of nitrogens with zero attached hydrogens (tertiary/aromatic N) is 1. The molecule has 2 unspecified atom stereocenters. The molecule has 1 N–H and O–H groups in total. The standard InChI is InChI=1S/C24H31BrN2O3/c1-4-18(2)26-24(29)19(3)27(17-20-12-14-21(25)15-13-20)23(28)11-8-16-30-22-9-6-5-7-10-22/h5-7,9-10,12-15,18-19H,4,8,11,16-17H2,1-3H3,(H,26,29). The minimum absolute atomic E-state index is 0.0543. The molecule has 0 saturated carbocycles. The molecule has 2 aromatic carbocycles. The van der Waals surface area contributed by atoms with Gasteiger partial charge >= 0.3 is 0 Å². The highest BCUT2D eigenvalue weighted by Gasteiger charge is 2.26. The quantitative estimate of drug-likeness (QED) is 0.469. The molecular formula is C24H31BrN2O3. The van der Waals surface area contributed by atoms with E-state index in [4.69, 9.17) is 4.74 Å². The third kappa shape index (κ3) is 7.82. The fraction of sp³-hybridized carbons (Fsp3) is 0.417. The van der Waals surface area contributed by atoms with E-state index in [0.29, 0.717) is 26.0 Å². The van der Waals surface area contributed by atoms with Gasteiger partial charge in [0.15, 0.2) is 0 Å². The predicted molar refractivity (Wildman–Crippen MR) is 123 cm³/mol. The van der Waals surface area contributed by atoms with Crippen molar-refractivity contribution in [2.45, 2.75) is 58.7 Å². The molecule has 0 fully saturated rings. The number of ether oxygens (including phenoxy) is 1. The summed E-state index contributed by atoms with van der Waals surface area (Å²) in [5.74, 6) is 0.606. The van der Waals surface area contributed by atoms with Crippen LogP contribution in [0, 0.1) is 0 Å². The van der Waals surface area contributed by atoms with E-state index in [2.05, 4.69) is 21.2 Å². The van der Waals surface area contributed by atoms with Crippen LogP contribution in [0.4, 0.5) is 0 Å². The number of benzene rings is 2. The number of amides is 2. The Morgan fingerprint density at radius 3 is 2.37 bits per heavy atom. The highest BCUT2D eigenvalue weighted by molar-refractivity contribution is 9.10. The number of nitrogens with one attached hydrogen (secondary N) is 1. The summed E-state index contributed by atoms with van der Waals surface area (Å²) in [5, 5.41) is 2.98. The van der Waals surface area contributed by atoms with Gasteiger partial charge in [0, 0.05) is 23.5 Å². The average molecular weight is 475 g/mol. The van der Waals surface area contributed by atoms with Crippen molar-refractivity contribution in [3.63, 3.8) is 0 Å². The molecule has 0 aliphatic heterocycles. The Bertz CT molecular complexity index is 796. The molecule has 2 aromatic rings. The minimum atomic E-state index is -0.551. The highest BCUT2D eigenvalue weighted by atomic mass is 79.9. The first-order valence-corrected chi connectivity index (χ1v) is 11.2. The molecular weight excluding hydrogens is 444 g/mol. The van der Waals surface area contributed by atoms with Crippen molar-refractivity contribution < 1.29 is 14.3 Å². The minimum Gasteiger partial charge on any atom is -0.494 e. The van der Waals surface area contributed by atoms with Gasteiger partial charge in [0.2, 0.25) is 11.8 Å². The maximum atomic E-state index is 13.0. The van der Waals surface area contributed by atoms with Crippen LogP contribution in [0.15, 0.2) is 59.1 Å². The summed E-state index contributed by atoms with van der Waals surface area (Å²) in [6.07, 6.45) is 1.75. The molecule has 0 heterocycles. The molecule has 2 rings (SSSR count). The molecule has 2 amide bonds. The normalized spacial score (nSPS) is 12.7. The maximum Gasteiger partial charge on any atom is 0.242 e. The lowest BCUT2D eigenvalue weighted by atomic mass is 10.1. The number of hydrogen-bond donors (Lipinski definition) is 1. The summed E-state index contributed by atoms with van der Waals surface area (Å²) in [6, 6.07) is 16.9. The second-order valence-corrected chi connectivity index (χ2v) is 8.32. The van der Waals surface area contributed by atoms with Crippen LogP contribution in [-0.2, 0) is 16.1 Å². The zero-order chi connectivity index (χ0) is 21.9. The van der Waals surface area contributed by atoms with E-state index in [1.807, 2.05) is 68.4 Å². The Kier molecular flexibility index (Phi) is 9.87. The van der Waals surface area contributed by atoms with Gasteiger partial charge in [-0.05, 0) is 56.5 Å². The van der Waals surface area contributed by atoms with Crippen LogP contribution in [0.1, 0.15) is 45.6 Å². The molecule has 0 spiro atoms. The van der Waals surface area contributed by atoms with Crippen LogP contribution in [0.25, 0.3) is 0 Å². The largest absolute Gasteiger partial charge is 0.494 e. The van der Waals surface area contributed by atoms with E-state index < -0.39 is 6.04 Å². The molecule has 0 radical (unpaired) electrons. The molecule has 0 aliphatic carbocycles. The molecule has 0 aromatic heterocycles. The van der Waals surface area contributed by atoms with Crippen molar-refractivity contribution in [1.29, 1.82) is 0 Å². The number of carbonyl (C=O) groups excluding carboxylic acids is 2. The fourth-order valence-corrected chi connectivity index (χ4v) is 3.17. The van der Waals surface area contributed by atoms with Crippen molar-refractivity contribution in [2.75, 3.05) is 6.61 Å². The van der Waals surface area contributed by atoms with Crippen LogP contribution in [0.5, 0.6) is 5.75 Å². The third-order valence-electron chi connectivity index (χ3n) is 4.98. The maximum absolute atomic E-state index is 13.0. The van der Waals surface area contributed by atoms with Gasteiger partial charge in [-0.3, -0.25) is 9.59 Å². The summed E-state index contributed by atoms with van der Waals surface area (Å²) >= 11 is 3.43. The van der Waals surface area contributed by atoms with Crippen LogP contribution < -0.4 is 10.1 Å². The highest BCUT2D eigenvalue weighted by Crippen LogP contribution is 2.16. The van der Waals surface area contributed by atoms with E-state index >= 15 is 0 Å². The monoisotopic (exact) mass is 474 g/mol. The first-order chi connectivity index (χ1) is 14.4. The van der Waals surface area contributed by atoms with Gasteiger partial charge in [0.1, 0.15) is 11.8 Å². The Labute approximate surface area is 187 Å². The summed E-state index contributed by atoms with van der Waals surface area (Å²) in [5.41, 5.74) is 0.982. The molecule has 30 heavy (non-hydrogen) atoms. The zero-order valence-corrected chi connectivity index (χ0v) is 19.5. The molecule has 5 nitrogen and oxygen atoms in total. The molecule has 6 heteroatoms. The lowest BCUT2D eigenvalue weighted by Gasteiger charge is -2.29. The Morgan fingerprint density at radius 2 is 1.73 bits per heavy atom. The van der Waals surface area contributed by atoms with Crippen molar-refractivity contribution in [3.05, 3.63) is 64.6 Å². The van der Waals surface area contributed by atoms with Crippen LogP contribution in [0.2, 0.25) is 0 Å². The van der Waals surface area contributed by atoms with E-state index in [1.54, 1.807) is 11.8 Å². The van der Waals surface area contributed by atoms with Crippen molar-refractivity contribution in [1.82, 2.24) is 10.2 Å². The molecule has 2 atom stereocenters. The van der Waals surface area contributed by atoms with Gasteiger partial charge in [-0.25, -0.2) is 0 Å². The van der Waals surface area contributed by atoms with Crippen LogP contribution in [-0.4, -0.2) is 35.4 Å². The third-order valence-corrected chi connectivity index (χ3v) is 5.51. The second kappa shape index (κ2) is 12.4. The van der Waals surface area contributed by atoms with Gasteiger partial charge in [-0.2, -0.15) is 0 Å². The van der Waals surface area contributed by atoms with E-state index in [0.717, 1.165) is 22.2 Å². The van der Waals surface area contributed by atoms with Gasteiger partial charge in [-0.15, -0.1) is 0 Å². The summed E-state index contributed by atoms with van der Waals surface area (Å²) < 4.78 is 6.66. The lowest BCUT2D eigenvalue weighted by molar-refractivity contribution is -0.141.